The summed E-state index contributed by atoms with van der Waals surface area (Å²) in [4.78, 5) is 4.66. The standard InChI is InChI=1S/C18H17ClN2O3S/c1-12-17(14-6-8-15(19)9-7-14)25(22,23)21-18(12)20-11-13-4-3-5-16(10-13)24-2/h3-10H,11H2,1-2H3,(H,20,21). The van der Waals surface area contributed by atoms with Crippen LogP contribution < -0.4 is 9.46 Å². The molecule has 0 aromatic heterocycles. The third kappa shape index (κ3) is 3.70. The Balaban J connectivity index is 1.94. The Hall–Kier alpha value is -2.31. The zero-order valence-electron chi connectivity index (χ0n) is 13.8. The number of amidine groups is 1. The molecule has 0 aliphatic carbocycles. The van der Waals surface area contributed by atoms with Crippen molar-refractivity contribution in [3.05, 3.63) is 70.3 Å². The Morgan fingerprint density at radius 2 is 1.88 bits per heavy atom. The first-order chi connectivity index (χ1) is 11.9. The molecule has 1 aliphatic heterocycles. The van der Waals surface area contributed by atoms with Crippen LogP contribution in [0.2, 0.25) is 5.02 Å². The van der Waals surface area contributed by atoms with Crippen molar-refractivity contribution in [1.82, 2.24) is 4.72 Å². The highest BCUT2D eigenvalue weighted by Crippen LogP contribution is 2.30. The lowest BCUT2D eigenvalue weighted by molar-refractivity contribution is 0.414. The first-order valence-corrected chi connectivity index (χ1v) is 9.44. The van der Waals surface area contributed by atoms with E-state index in [4.69, 9.17) is 16.3 Å². The molecule has 7 heteroatoms. The summed E-state index contributed by atoms with van der Waals surface area (Å²) in [5.41, 5.74) is 2.10. The summed E-state index contributed by atoms with van der Waals surface area (Å²) < 4.78 is 32.7. The average Bonchev–Trinajstić information content (AvgIpc) is 2.83. The van der Waals surface area contributed by atoms with Crippen molar-refractivity contribution in [3.63, 3.8) is 0 Å². The monoisotopic (exact) mass is 376 g/mol. The number of hydrogen-bond acceptors (Lipinski definition) is 4. The van der Waals surface area contributed by atoms with Gasteiger partial charge in [0.2, 0.25) is 0 Å². The number of nitrogens with one attached hydrogen (secondary N) is 1. The minimum Gasteiger partial charge on any atom is -0.497 e. The van der Waals surface area contributed by atoms with Crippen molar-refractivity contribution >= 4 is 32.4 Å². The molecule has 0 saturated heterocycles. The molecule has 0 unspecified atom stereocenters. The van der Waals surface area contributed by atoms with Crippen LogP contribution in [0.3, 0.4) is 0 Å². The van der Waals surface area contributed by atoms with Crippen molar-refractivity contribution in [2.24, 2.45) is 4.99 Å². The molecule has 0 fully saturated rings. The van der Waals surface area contributed by atoms with E-state index in [1.165, 1.54) is 0 Å². The maximum Gasteiger partial charge on any atom is 0.264 e. The number of ether oxygens (including phenoxy) is 1. The Bertz CT molecular complexity index is 964. The lowest BCUT2D eigenvalue weighted by Gasteiger charge is -2.03. The molecule has 0 amide bonds. The summed E-state index contributed by atoms with van der Waals surface area (Å²) in [6.07, 6.45) is 0. The van der Waals surface area contributed by atoms with Crippen LogP contribution in [0.5, 0.6) is 5.75 Å². The van der Waals surface area contributed by atoms with Gasteiger partial charge in [0.25, 0.3) is 10.0 Å². The minimum absolute atomic E-state index is 0.230. The van der Waals surface area contributed by atoms with Gasteiger partial charge >= 0.3 is 0 Å². The quantitative estimate of drug-likeness (QED) is 0.886. The number of benzene rings is 2. The average molecular weight is 377 g/mol. The van der Waals surface area contributed by atoms with Gasteiger partial charge in [0.05, 0.1) is 13.7 Å². The molecule has 0 spiro atoms. The van der Waals surface area contributed by atoms with Gasteiger partial charge in [-0.25, -0.2) is 8.42 Å². The predicted octanol–water partition coefficient (Wildman–Crippen LogP) is 3.61. The van der Waals surface area contributed by atoms with Gasteiger partial charge in [-0.15, -0.1) is 0 Å². The van der Waals surface area contributed by atoms with Gasteiger partial charge in [0, 0.05) is 10.6 Å². The molecule has 3 rings (SSSR count). The third-order valence-electron chi connectivity index (χ3n) is 3.86. The van der Waals surface area contributed by atoms with Crippen molar-refractivity contribution in [1.29, 1.82) is 0 Å². The van der Waals surface area contributed by atoms with E-state index in [-0.39, 0.29) is 4.91 Å². The van der Waals surface area contributed by atoms with Crippen LogP contribution in [0, 0.1) is 0 Å². The molecule has 130 valence electrons. The summed E-state index contributed by atoms with van der Waals surface area (Å²) in [5, 5.41) is 0.553. The van der Waals surface area contributed by atoms with Crippen LogP contribution in [-0.2, 0) is 16.6 Å². The fourth-order valence-electron chi connectivity index (χ4n) is 2.63. The lowest BCUT2D eigenvalue weighted by Crippen LogP contribution is -2.23. The molecular formula is C18H17ClN2O3S. The fraction of sp³-hybridized carbons (Fsp3) is 0.167. The smallest absolute Gasteiger partial charge is 0.264 e. The summed E-state index contributed by atoms with van der Waals surface area (Å²) in [7, 11) is -2.04. The number of sulfonamides is 1. The van der Waals surface area contributed by atoms with Crippen molar-refractivity contribution in [2.45, 2.75) is 13.5 Å². The van der Waals surface area contributed by atoms with Crippen LogP contribution in [0.1, 0.15) is 18.1 Å². The van der Waals surface area contributed by atoms with Crippen molar-refractivity contribution in [2.75, 3.05) is 7.11 Å². The van der Waals surface area contributed by atoms with E-state index < -0.39 is 10.0 Å². The van der Waals surface area contributed by atoms with E-state index in [0.717, 1.165) is 11.3 Å². The summed E-state index contributed by atoms with van der Waals surface area (Å²) in [6, 6.07) is 14.2. The maximum absolute atomic E-state index is 12.5. The van der Waals surface area contributed by atoms with Crippen molar-refractivity contribution in [3.8, 4) is 5.75 Å². The molecule has 0 bridgehead atoms. The number of aliphatic imine (C=N–C) groups is 1. The van der Waals surface area contributed by atoms with E-state index in [9.17, 15) is 8.42 Å². The van der Waals surface area contributed by atoms with E-state index in [1.807, 2.05) is 24.3 Å². The summed E-state index contributed by atoms with van der Waals surface area (Å²) in [5.74, 6) is 1.09. The van der Waals surface area contributed by atoms with E-state index in [2.05, 4.69) is 9.71 Å². The van der Waals surface area contributed by atoms with Gasteiger partial charge in [0.1, 0.15) is 16.5 Å². The highest BCUT2D eigenvalue weighted by molar-refractivity contribution is 8.00. The molecule has 0 atom stereocenters. The Morgan fingerprint density at radius 3 is 2.56 bits per heavy atom. The van der Waals surface area contributed by atoms with Crippen LogP contribution in [0.15, 0.2) is 59.1 Å². The fourth-order valence-corrected chi connectivity index (χ4v) is 4.28. The largest absolute Gasteiger partial charge is 0.497 e. The summed E-state index contributed by atoms with van der Waals surface area (Å²) >= 11 is 5.88. The van der Waals surface area contributed by atoms with Gasteiger partial charge < -0.3 is 4.74 Å². The zero-order valence-corrected chi connectivity index (χ0v) is 15.4. The first-order valence-electron chi connectivity index (χ1n) is 7.58. The molecule has 1 aliphatic rings. The number of halogens is 1. The molecular weight excluding hydrogens is 360 g/mol. The van der Waals surface area contributed by atoms with E-state index >= 15 is 0 Å². The Labute approximate surface area is 152 Å². The normalized spacial score (nSPS) is 17.6. The minimum atomic E-state index is -3.64. The highest BCUT2D eigenvalue weighted by Gasteiger charge is 2.32. The Morgan fingerprint density at radius 1 is 1.16 bits per heavy atom. The maximum atomic E-state index is 12.5. The molecule has 1 N–H and O–H groups in total. The van der Waals surface area contributed by atoms with Gasteiger partial charge in [-0.3, -0.25) is 9.71 Å². The molecule has 25 heavy (non-hydrogen) atoms. The topological polar surface area (TPSA) is 67.8 Å². The van der Waals surface area contributed by atoms with Crippen LogP contribution in [0.25, 0.3) is 4.91 Å². The van der Waals surface area contributed by atoms with Gasteiger partial charge in [-0.1, -0.05) is 35.9 Å². The summed E-state index contributed by atoms with van der Waals surface area (Å²) in [6.45, 7) is 2.09. The van der Waals surface area contributed by atoms with E-state index in [1.54, 1.807) is 38.3 Å². The number of hydrogen-bond donors (Lipinski definition) is 1. The first kappa shape index (κ1) is 17.5. The Kier molecular flexibility index (Phi) is 4.83. The highest BCUT2D eigenvalue weighted by atomic mass is 35.5. The second-order valence-corrected chi connectivity index (χ2v) is 7.64. The molecule has 5 nitrogen and oxygen atoms in total. The molecule has 2 aromatic rings. The van der Waals surface area contributed by atoms with Gasteiger partial charge in [-0.2, -0.15) is 0 Å². The second-order valence-electron chi connectivity index (χ2n) is 5.58. The van der Waals surface area contributed by atoms with E-state index in [0.29, 0.717) is 28.5 Å². The SMILES string of the molecule is COc1cccc(CN=C2NS(=O)(=O)C(c3ccc(Cl)cc3)=C2C)c1. The molecule has 0 saturated carbocycles. The number of nitrogens with zero attached hydrogens (tertiary/aromatic N) is 1. The van der Waals surface area contributed by atoms with Gasteiger partial charge in [-0.05, 0) is 42.3 Å². The van der Waals surface area contributed by atoms with Crippen LogP contribution in [0.4, 0.5) is 0 Å². The number of methoxy groups -OCH3 is 1. The molecule has 2 aromatic carbocycles. The third-order valence-corrected chi connectivity index (χ3v) is 5.65. The second kappa shape index (κ2) is 6.90. The zero-order chi connectivity index (χ0) is 18.0. The van der Waals surface area contributed by atoms with Crippen molar-refractivity contribution < 1.29 is 13.2 Å². The molecule has 0 radical (unpaired) electrons. The number of rotatable bonds is 4. The van der Waals surface area contributed by atoms with Crippen LogP contribution in [-0.4, -0.2) is 21.4 Å². The van der Waals surface area contributed by atoms with Gasteiger partial charge in [0.15, 0.2) is 0 Å². The van der Waals surface area contributed by atoms with Crippen LogP contribution >= 0.6 is 11.6 Å². The molecule has 1 heterocycles. The predicted molar refractivity (Wildman–Crippen MR) is 100 cm³/mol. The lowest BCUT2D eigenvalue weighted by atomic mass is 10.1.